The zero-order chi connectivity index (χ0) is 18.5. The number of hydrogen-bond acceptors (Lipinski definition) is 5. The highest BCUT2D eigenvalue weighted by atomic mass is 16.4. The van der Waals surface area contributed by atoms with Crippen LogP contribution in [0.1, 0.15) is 25.7 Å². The number of likely N-dealkylation sites (tertiary alicyclic amines) is 1. The van der Waals surface area contributed by atoms with Crippen LogP contribution < -0.4 is 4.90 Å². The van der Waals surface area contributed by atoms with E-state index in [1.807, 2.05) is 18.2 Å². The number of aliphatic carboxylic acids is 1. The maximum atomic E-state index is 12.4. The Bertz CT molecular complexity index is 658. The predicted molar refractivity (Wildman–Crippen MR) is 94.6 cm³/mol. The largest absolute Gasteiger partial charge is 0.480 e. The van der Waals surface area contributed by atoms with Gasteiger partial charge in [-0.25, -0.2) is 9.78 Å². The van der Waals surface area contributed by atoms with Crippen LogP contribution in [-0.4, -0.2) is 76.4 Å². The Morgan fingerprint density at radius 1 is 1.04 bits per heavy atom. The van der Waals surface area contributed by atoms with Gasteiger partial charge in [-0.15, -0.1) is 0 Å². The molecular weight excluding hydrogens is 336 g/mol. The number of carbonyl (C=O) groups excluding carboxylic acids is 2. The number of amides is 2. The number of pyridine rings is 1. The van der Waals surface area contributed by atoms with Crippen molar-refractivity contribution in [2.24, 2.45) is 0 Å². The highest BCUT2D eigenvalue weighted by Crippen LogP contribution is 2.19. The lowest BCUT2D eigenvalue weighted by Crippen LogP contribution is -2.49. The first-order valence-electron chi connectivity index (χ1n) is 9.02. The van der Waals surface area contributed by atoms with E-state index in [1.165, 1.54) is 4.90 Å². The predicted octanol–water partition coefficient (Wildman–Crippen LogP) is 0.586. The van der Waals surface area contributed by atoms with Crippen molar-refractivity contribution < 1.29 is 19.5 Å². The van der Waals surface area contributed by atoms with Crippen LogP contribution in [0.15, 0.2) is 24.4 Å². The van der Waals surface area contributed by atoms with E-state index in [0.717, 1.165) is 5.82 Å². The smallest absolute Gasteiger partial charge is 0.326 e. The van der Waals surface area contributed by atoms with Gasteiger partial charge in [-0.1, -0.05) is 6.07 Å². The minimum atomic E-state index is -0.965. The van der Waals surface area contributed by atoms with Gasteiger partial charge in [-0.05, 0) is 25.0 Å². The third-order valence-electron chi connectivity index (χ3n) is 5.02. The van der Waals surface area contributed by atoms with Gasteiger partial charge >= 0.3 is 5.97 Å². The van der Waals surface area contributed by atoms with E-state index < -0.39 is 12.0 Å². The zero-order valence-corrected chi connectivity index (χ0v) is 14.7. The quantitative estimate of drug-likeness (QED) is 0.826. The molecule has 140 valence electrons. The van der Waals surface area contributed by atoms with Gasteiger partial charge in [-0.3, -0.25) is 9.59 Å². The lowest BCUT2D eigenvalue weighted by atomic mass is 10.2. The Labute approximate surface area is 152 Å². The van der Waals surface area contributed by atoms with E-state index in [1.54, 1.807) is 11.1 Å². The summed E-state index contributed by atoms with van der Waals surface area (Å²) in [6, 6.07) is 5.02. The molecule has 0 radical (unpaired) electrons. The maximum absolute atomic E-state index is 12.4. The summed E-state index contributed by atoms with van der Waals surface area (Å²) in [5, 5.41) is 9.15. The first-order chi connectivity index (χ1) is 12.6. The molecule has 8 nitrogen and oxygen atoms in total. The van der Waals surface area contributed by atoms with E-state index in [-0.39, 0.29) is 24.7 Å². The standard InChI is InChI=1S/C18H24N4O4/c23-16(6-7-17(24)22-9-3-4-14(22)18(25)26)21-12-10-20(11-13-21)15-5-1-2-8-19-15/h1-2,5,8,14H,3-4,6-7,9-13H2,(H,25,26). The second-order valence-corrected chi connectivity index (χ2v) is 6.64. The molecule has 8 heteroatoms. The van der Waals surface area contributed by atoms with Crippen LogP contribution in [0, 0.1) is 0 Å². The molecule has 2 fully saturated rings. The Hall–Kier alpha value is -2.64. The van der Waals surface area contributed by atoms with Crippen LogP contribution in [0.2, 0.25) is 0 Å². The molecule has 1 unspecified atom stereocenters. The van der Waals surface area contributed by atoms with Crippen LogP contribution >= 0.6 is 0 Å². The van der Waals surface area contributed by atoms with Crippen LogP contribution in [0.3, 0.4) is 0 Å². The number of hydrogen-bond donors (Lipinski definition) is 1. The molecule has 0 aliphatic carbocycles. The van der Waals surface area contributed by atoms with Gasteiger partial charge in [0.25, 0.3) is 0 Å². The molecule has 1 N–H and O–H groups in total. The van der Waals surface area contributed by atoms with Crippen molar-refractivity contribution in [2.45, 2.75) is 31.7 Å². The van der Waals surface area contributed by atoms with Crippen molar-refractivity contribution >= 4 is 23.6 Å². The molecule has 3 heterocycles. The highest BCUT2D eigenvalue weighted by molar-refractivity contribution is 5.87. The first-order valence-corrected chi connectivity index (χ1v) is 9.02. The lowest BCUT2D eigenvalue weighted by molar-refractivity contribution is -0.148. The monoisotopic (exact) mass is 360 g/mol. The van der Waals surface area contributed by atoms with Crippen LogP contribution in [0.5, 0.6) is 0 Å². The van der Waals surface area contributed by atoms with Crippen molar-refractivity contribution in [3.63, 3.8) is 0 Å². The summed E-state index contributed by atoms with van der Waals surface area (Å²) in [6.07, 6.45) is 3.15. The van der Waals surface area contributed by atoms with Gasteiger partial charge in [-0.2, -0.15) is 0 Å². The molecule has 3 rings (SSSR count). The summed E-state index contributed by atoms with van der Waals surface area (Å²) in [5.41, 5.74) is 0. The topological polar surface area (TPSA) is 94.0 Å². The van der Waals surface area contributed by atoms with Gasteiger partial charge in [0, 0.05) is 51.8 Å². The van der Waals surface area contributed by atoms with Gasteiger partial charge in [0.15, 0.2) is 0 Å². The molecule has 0 spiro atoms. The fraction of sp³-hybridized carbons (Fsp3) is 0.556. The van der Waals surface area contributed by atoms with Crippen molar-refractivity contribution in [1.82, 2.24) is 14.8 Å². The Morgan fingerprint density at radius 2 is 1.77 bits per heavy atom. The average Bonchev–Trinajstić information content (AvgIpc) is 3.17. The summed E-state index contributed by atoms with van der Waals surface area (Å²) in [6.45, 7) is 3.09. The highest BCUT2D eigenvalue weighted by Gasteiger charge is 2.34. The molecule has 1 aromatic rings. The van der Waals surface area contributed by atoms with Crippen LogP contribution in [0.25, 0.3) is 0 Å². The van der Waals surface area contributed by atoms with E-state index in [0.29, 0.717) is 45.6 Å². The van der Waals surface area contributed by atoms with Crippen molar-refractivity contribution in [3.05, 3.63) is 24.4 Å². The number of rotatable bonds is 5. The lowest BCUT2D eigenvalue weighted by Gasteiger charge is -2.35. The number of carboxylic acids is 1. The van der Waals surface area contributed by atoms with E-state index in [9.17, 15) is 14.4 Å². The molecule has 2 saturated heterocycles. The second-order valence-electron chi connectivity index (χ2n) is 6.64. The van der Waals surface area contributed by atoms with Crippen molar-refractivity contribution in [2.75, 3.05) is 37.6 Å². The average molecular weight is 360 g/mol. The maximum Gasteiger partial charge on any atom is 0.326 e. The Morgan fingerprint density at radius 3 is 2.42 bits per heavy atom. The molecule has 1 aromatic heterocycles. The fourth-order valence-corrected chi connectivity index (χ4v) is 3.56. The molecule has 2 amide bonds. The van der Waals surface area contributed by atoms with Gasteiger partial charge < -0.3 is 19.8 Å². The van der Waals surface area contributed by atoms with Gasteiger partial charge in [0.05, 0.1) is 0 Å². The Balaban J connectivity index is 1.44. The third kappa shape index (κ3) is 4.12. The summed E-state index contributed by atoms with van der Waals surface area (Å²) < 4.78 is 0. The molecule has 2 aliphatic rings. The number of aromatic nitrogens is 1. The van der Waals surface area contributed by atoms with E-state index in [4.69, 9.17) is 5.11 Å². The molecular formula is C18H24N4O4. The van der Waals surface area contributed by atoms with Crippen molar-refractivity contribution in [1.29, 1.82) is 0 Å². The minimum absolute atomic E-state index is 0.0508. The minimum Gasteiger partial charge on any atom is -0.480 e. The summed E-state index contributed by atoms with van der Waals surface area (Å²) in [4.78, 5) is 45.4. The number of nitrogens with zero attached hydrogens (tertiary/aromatic N) is 4. The van der Waals surface area contributed by atoms with Crippen LogP contribution in [-0.2, 0) is 14.4 Å². The molecule has 1 atom stereocenters. The normalized spacial score (nSPS) is 20.3. The number of carboxylic acid groups (broad SMARTS) is 1. The second kappa shape index (κ2) is 8.16. The van der Waals surface area contributed by atoms with Crippen LogP contribution in [0.4, 0.5) is 5.82 Å². The molecule has 0 bridgehead atoms. The summed E-state index contributed by atoms with van der Waals surface area (Å²) in [7, 11) is 0. The fourth-order valence-electron chi connectivity index (χ4n) is 3.56. The molecule has 0 aromatic carbocycles. The van der Waals surface area contributed by atoms with E-state index in [2.05, 4.69) is 9.88 Å². The first kappa shape index (κ1) is 18.2. The third-order valence-corrected chi connectivity index (χ3v) is 5.02. The van der Waals surface area contributed by atoms with E-state index >= 15 is 0 Å². The van der Waals surface area contributed by atoms with Gasteiger partial charge in [0.2, 0.25) is 11.8 Å². The number of piperazine rings is 1. The SMILES string of the molecule is O=C(O)C1CCCN1C(=O)CCC(=O)N1CCN(c2ccccn2)CC1. The molecule has 0 saturated carbocycles. The van der Waals surface area contributed by atoms with Gasteiger partial charge in [0.1, 0.15) is 11.9 Å². The summed E-state index contributed by atoms with van der Waals surface area (Å²) >= 11 is 0. The Kier molecular flexibility index (Phi) is 5.70. The van der Waals surface area contributed by atoms with Crippen molar-refractivity contribution in [3.8, 4) is 0 Å². The molecule has 2 aliphatic heterocycles. The number of carbonyl (C=O) groups is 3. The zero-order valence-electron chi connectivity index (χ0n) is 14.7. The summed E-state index contributed by atoms with van der Waals surface area (Å²) in [5.74, 6) is -0.350. The number of anilines is 1. The molecule has 26 heavy (non-hydrogen) atoms.